The summed E-state index contributed by atoms with van der Waals surface area (Å²) in [7, 11) is 0. The molecule has 1 aromatic rings. The highest BCUT2D eigenvalue weighted by molar-refractivity contribution is 6.17. The molecule has 1 N–H and O–H groups in total. The van der Waals surface area contributed by atoms with E-state index in [2.05, 4.69) is 4.98 Å². The van der Waals surface area contributed by atoms with Gasteiger partial charge in [0.25, 0.3) is 6.43 Å². The van der Waals surface area contributed by atoms with Crippen LogP contribution >= 0.6 is 11.6 Å². The lowest BCUT2D eigenvalue weighted by molar-refractivity contribution is -0.136. The maximum absolute atomic E-state index is 12.6. The van der Waals surface area contributed by atoms with Crippen molar-refractivity contribution in [1.29, 1.82) is 0 Å². The van der Waals surface area contributed by atoms with Crippen LogP contribution in [0.2, 0.25) is 0 Å². The Hall–Kier alpha value is -1.23. The van der Waals surface area contributed by atoms with Crippen LogP contribution in [0.1, 0.15) is 28.8 Å². The van der Waals surface area contributed by atoms with E-state index in [-0.39, 0.29) is 23.6 Å². The van der Waals surface area contributed by atoms with Crippen molar-refractivity contribution in [2.75, 3.05) is 0 Å². The van der Waals surface area contributed by atoms with Gasteiger partial charge in [-0.3, -0.25) is 9.78 Å². The van der Waals surface area contributed by atoms with Gasteiger partial charge in [0.05, 0.1) is 6.42 Å². The van der Waals surface area contributed by atoms with Gasteiger partial charge in [-0.05, 0) is 23.6 Å². The van der Waals surface area contributed by atoms with Gasteiger partial charge < -0.3 is 5.11 Å². The number of carboxylic acids is 1. The molecule has 0 amide bonds. The van der Waals surface area contributed by atoms with E-state index in [1.54, 1.807) is 6.92 Å². The van der Waals surface area contributed by atoms with E-state index in [4.69, 9.17) is 16.7 Å². The molecule has 0 saturated heterocycles. The molecule has 3 nitrogen and oxygen atoms in total. The Balaban J connectivity index is 3.23. The molecule has 0 bridgehead atoms. The number of nitrogens with zero attached hydrogens (tertiary/aromatic N) is 1. The number of alkyl halides is 3. The third kappa shape index (κ3) is 2.66. The largest absolute Gasteiger partial charge is 0.481 e. The zero-order chi connectivity index (χ0) is 12.3. The van der Waals surface area contributed by atoms with Gasteiger partial charge in [-0.1, -0.05) is 0 Å². The number of rotatable bonds is 4. The van der Waals surface area contributed by atoms with Gasteiger partial charge in [0, 0.05) is 12.1 Å². The second-order valence-corrected chi connectivity index (χ2v) is 3.54. The first-order valence-electron chi connectivity index (χ1n) is 4.50. The molecule has 0 fully saturated rings. The van der Waals surface area contributed by atoms with E-state index in [0.29, 0.717) is 11.1 Å². The summed E-state index contributed by atoms with van der Waals surface area (Å²) in [5.74, 6) is -1.14. The minimum absolute atomic E-state index is 0.105. The molecular formula is C10H10ClF2NO2. The van der Waals surface area contributed by atoms with Crippen molar-refractivity contribution in [1.82, 2.24) is 4.98 Å². The number of carbonyl (C=O) groups is 1. The van der Waals surface area contributed by atoms with E-state index in [1.165, 1.54) is 6.20 Å². The molecule has 0 radical (unpaired) electrons. The first kappa shape index (κ1) is 12.8. The van der Waals surface area contributed by atoms with Crippen LogP contribution in [0.3, 0.4) is 0 Å². The Bertz CT molecular complexity index is 410. The van der Waals surface area contributed by atoms with Crippen LogP contribution in [0.5, 0.6) is 0 Å². The first-order chi connectivity index (χ1) is 7.47. The van der Waals surface area contributed by atoms with Crippen LogP contribution in [-0.2, 0) is 17.1 Å². The molecule has 0 aliphatic rings. The Kier molecular flexibility index (Phi) is 4.18. The van der Waals surface area contributed by atoms with E-state index < -0.39 is 12.4 Å². The Morgan fingerprint density at radius 1 is 1.62 bits per heavy atom. The average molecular weight is 250 g/mol. The lowest BCUT2D eigenvalue weighted by Crippen LogP contribution is -2.08. The van der Waals surface area contributed by atoms with Crippen molar-refractivity contribution in [3.05, 3.63) is 28.6 Å². The van der Waals surface area contributed by atoms with Crippen LogP contribution in [0, 0.1) is 6.92 Å². The maximum Gasteiger partial charge on any atom is 0.307 e. The zero-order valence-corrected chi connectivity index (χ0v) is 9.26. The molecule has 0 spiro atoms. The molecule has 1 heterocycles. The lowest BCUT2D eigenvalue weighted by Gasteiger charge is -2.11. The summed E-state index contributed by atoms with van der Waals surface area (Å²) in [5, 5.41) is 8.62. The van der Waals surface area contributed by atoms with Gasteiger partial charge in [-0.2, -0.15) is 0 Å². The topological polar surface area (TPSA) is 50.2 Å². The zero-order valence-electron chi connectivity index (χ0n) is 8.51. The fourth-order valence-electron chi connectivity index (χ4n) is 1.41. The summed E-state index contributed by atoms with van der Waals surface area (Å²) >= 11 is 5.57. The summed E-state index contributed by atoms with van der Waals surface area (Å²) in [6.07, 6.45) is -1.78. The number of pyridine rings is 1. The van der Waals surface area contributed by atoms with Crippen LogP contribution in [0.4, 0.5) is 8.78 Å². The van der Waals surface area contributed by atoms with Gasteiger partial charge in [0.15, 0.2) is 0 Å². The fourth-order valence-corrected chi connectivity index (χ4v) is 1.74. The molecule has 6 heteroatoms. The fraction of sp³-hybridized carbons (Fsp3) is 0.400. The molecule has 0 atom stereocenters. The molecule has 1 aromatic heterocycles. The number of hydrogen-bond acceptors (Lipinski definition) is 2. The maximum atomic E-state index is 12.6. The molecule has 0 saturated carbocycles. The van der Waals surface area contributed by atoms with Crippen LogP contribution in [-0.4, -0.2) is 16.1 Å². The summed E-state index contributed by atoms with van der Waals surface area (Å²) in [6.45, 7) is 1.57. The average Bonchev–Trinajstić information content (AvgIpc) is 2.19. The predicted octanol–water partition coefficient (Wildman–Crippen LogP) is 2.69. The molecule has 0 unspecified atom stereocenters. The quantitative estimate of drug-likeness (QED) is 0.835. The summed E-state index contributed by atoms with van der Waals surface area (Å²) in [5.41, 5.74) is 0.729. The SMILES string of the molecule is Cc1c(CC(=O)O)cnc(C(F)F)c1CCl. The molecule has 88 valence electrons. The van der Waals surface area contributed by atoms with Crippen molar-refractivity contribution < 1.29 is 18.7 Å². The number of halogens is 3. The van der Waals surface area contributed by atoms with E-state index in [1.807, 2.05) is 0 Å². The van der Waals surface area contributed by atoms with E-state index >= 15 is 0 Å². The summed E-state index contributed by atoms with van der Waals surface area (Å²) in [4.78, 5) is 14.1. The van der Waals surface area contributed by atoms with E-state index in [0.717, 1.165) is 0 Å². The monoisotopic (exact) mass is 249 g/mol. The van der Waals surface area contributed by atoms with Crippen molar-refractivity contribution in [2.24, 2.45) is 0 Å². The number of aliphatic carboxylic acids is 1. The van der Waals surface area contributed by atoms with Gasteiger partial charge in [-0.15, -0.1) is 11.6 Å². The minimum atomic E-state index is -2.70. The first-order valence-corrected chi connectivity index (χ1v) is 5.04. The Morgan fingerprint density at radius 3 is 2.69 bits per heavy atom. The van der Waals surface area contributed by atoms with Crippen LogP contribution in [0.25, 0.3) is 0 Å². The molecule has 0 aliphatic heterocycles. The van der Waals surface area contributed by atoms with Gasteiger partial charge in [0.2, 0.25) is 0 Å². The predicted molar refractivity (Wildman–Crippen MR) is 54.8 cm³/mol. The highest BCUT2D eigenvalue weighted by Gasteiger charge is 2.18. The number of carboxylic acid groups (broad SMARTS) is 1. The smallest absolute Gasteiger partial charge is 0.307 e. The van der Waals surface area contributed by atoms with Crippen LogP contribution in [0.15, 0.2) is 6.20 Å². The highest BCUT2D eigenvalue weighted by atomic mass is 35.5. The molecule has 16 heavy (non-hydrogen) atoms. The Labute approximate surface area is 96.1 Å². The summed E-state index contributed by atoms with van der Waals surface area (Å²) in [6, 6.07) is 0. The summed E-state index contributed by atoms with van der Waals surface area (Å²) < 4.78 is 25.1. The second kappa shape index (κ2) is 5.21. The number of aromatic nitrogens is 1. The highest BCUT2D eigenvalue weighted by Crippen LogP contribution is 2.26. The molecule has 0 aromatic carbocycles. The van der Waals surface area contributed by atoms with Crippen molar-refractivity contribution >= 4 is 17.6 Å². The second-order valence-electron chi connectivity index (χ2n) is 3.28. The Morgan fingerprint density at radius 2 is 2.25 bits per heavy atom. The third-order valence-electron chi connectivity index (χ3n) is 2.29. The van der Waals surface area contributed by atoms with Crippen molar-refractivity contribution in [3.63, 3.8) is 0 Å². The molecule has 0 aliphatic carbocycles. The van der Waals surface area contributed by atoms with Gasteiger partial charge in [-0.25, -0.2) is 8.78 Å². The normalized spacial score (nSPS) is 10.8. The molecule has 1 rings (SSSR count). The minimum Gasteiger partial charge on any atom is -0.481 e. The number of hydrogen-bond donors (Lipinski definition) is 1. The van der Waals surface area contributed by atoms with Crippen molar-refractivity contribution in [2.45, 2.75) is 25.7 Å². The third-order valence-corrected chi connectivity index (χ3v) is 2.55. The van der Waals surface area contributed by atoms with Gasteiger partial charge in [0.1, 0.15) is 5.69 Å². The standard InChI is InChI=1S/C10H10ClF2NO2/c1-5-6(2-8(15)16)4-14-9(10(12)13)7(5)3-11/h4,10H,2-3H2,1H3,(H,15,16). The lowest BCUT2D eigenvalue weighted by atomic mass is 10.0. The van der Waals surface area contributed by atoms with Crippen molar-refractivity contribution in [3.8, 4) is 0 Å². The van der Waals surface area contributed by atoms with E-state index in [9.17, 15) is 13.6 Å². The van der Waals surface area contributed by atoms with Crippen LogP contribution < -0.4 is 0 Å². The molecular weight excluding hydrogens is 240 g/mol. The van der Waals surface area contributed by atoms with Gasteiger partial charge >= 0.3 is 5.97 Å².